The first kappa shape index (κ1) is 12.6. The first-order chi connectivity index (χ1) is 9.10. The Bertz CT molecular complexity index is 494. The average molecular weight is 261 g/mol. The van der Waals surface area contributed by atoms with Gasteiger partial charge < -0.3 is 15.5 Å². The van der Waals surface area contributed by atoms with Crippen LogP contribution in [0, 0.1) is 0 Å². The van der Waals surface area contributed by atoms with Gasteiger partial charge in [-0.2, -0.15) is 0 Å². The molecule has 4 heteroatoms. The lowest BCUT2D eigenvalue weighted by Gasteiger charge is -2.25. The van der Waals surface area contributed by atoms with Gasteiger partial charge in [0.25, 0.3) is 5.91 Å². The molecule has 2 aliphatic carbocycles. The molecule has 0 aromatic heterocycles. The van der Waals surface area contributed by atoms with Gasteiger partial charge in [0, 0.05) is 6.42 Å². The molecule has 0 radical (unpaired) electrons. The molecule has 2 atom stereocenters. The molecule has 1 saturated carbocycles. The molecule has 4 nitrogen and oxygen atoms in total. The summed E-state index contributed by atoms with van der Waals surface area (Å²) >= 11 is 0. The largest absolute Gasteiger partial charge is 0.390 e. The van der Waals surface area contributed by atoms with E-state index in [4.69, 9.17) is 0 Å². The number of benzene rings is 1. The van der Waals surface area contributed by atoms with Crippen LogP contribution in [0.2, 0.25) is 0 Å². The summed E-state index contributed by atoms with van der Waals surface area (Å²) in [4.78, 5) is 12.2. The molecule has 0 bridgehead atoms. The highest BCUT2D eigenvalue weighted by atomic mass is 16.3. The lowest BCUT2D eigenvalue weighted by molar-refractivity contribution is -0.140. The van der Waals surface area contributed by atoms with E-state index < -0.39 is 17.7 Å². The fourth-order valence-electron chi connectivity index (χ4n) is 3.21. The van der Waals surface area contributed by atoms with Gasteiger partial charge in [0.1, 0.15) is 5.60 Å². The topological polar surface area (TPSA) is 69.6 Å². The van der Waals surface area contributed by atoms with E-state index in [1.165, 1.54) is 0 Å². The Morgan fingerprint density at radius 3 is 2.68 bits per heavy atom. The highest BCUT2D eigenvalue weighted by molar-refractivity contribution is 5.85. The number of hydrogen-bond donors (Lipinski definition) is 3. The van der Waals surface area contributed by atoms with E-state index >= 15 is 0 Å². The van der Waals surface area contributed by atoms with Crippen LogP contribution >= 0.6 is 0 Å². The Kier molecular flexibility index (Phi) is 3.07. The Morgan fingerprint density at radius 1 is 1.26 bits per heavy atom. The number of amides is 1. The predicted molar refractivity (Wildman–Crippen MR) is 70.5 cm³/mol. The normalized spacial score (nSPS) is 28.1. The molecule has 0 saturated heterocycles. The summed E-state index contributed by atoms with van der Waals surface area (Å²) in [5, 5.41) is 23.2. The summed E-state index contributed by atoms with van der Waals surface area (Å²) in [5.74, 6) is -0.342. The highest BCUT2D eigenvalue weighted by Crippen LogP contribution is 2.34. The maximum absolute atomic E-state index is 12.2. The van der Waals surface area contributed by atoms with Crippen molar-refractivity contribution in [1.29, 1.82) is 0 Å². The molecular formula is C15H19NO3. The zero-order valence-corrected chi connectivity index (χ0v) is 10.8. The van der Waals surface area contributed by atoms with Gasteiger partial charge in [0.2, 0.25) is 0 Å². The van der Waals surface area contributed by atoms with Crippen molar-refractivity contribution >= 4 is 5.91 Å². The third kappa shape index (κ3) is 2.15. The Morgan fingerprint density at radius 2 is 1.95 bits per heavy atom. The van der Waals surface area contributed by atoms with Crippen molar-refractivity contribution in [3.05, 3.63) is 35.4 Å². The van der Waals surface area contributed by atoms with Crippen LogP contribution in [0.25, 0.3) is 0 Å². The van der Waals surface area contributed by atoms with Gasteiger partial charge in [-0.25, -0.2) is 0 Å². The van der Waals surface area contributed by atoms with Crippen LogP contribution in [-0.2, 0) is 11.2 Å². The van der Waals surface area contributed by atoms with Crippen molar-refractivity contribution in [2.45, 2.75) is 49.9 Å². The van der Waals surface area contributed by atoms with Gasteiger partial charge in [-0.15, -0.1) is 0 Å². The summed E-state index contributed by atoms with van der Waals surface area (Å²) < 4.78 is 0. The first-order valence-electron chi connectivity index (χ1n) is 6.89. The summed E-state index contributed by atoms with van der Waals surface area (Å²) in [5.41, 5.74) is 0.792. The van der Waals surface area contributed by atoms with Crippen LogP contribution in [0.5, 0.6) is 0 Å². The van der Waals surface area contributed by atoms with Crippen LogP contribution in [0.4, 0.5) is 0 Å². The minimum absolute atomic E-state index is 0.342. The fourth-order valence-corrected chi connectivity index (χ4v) is 3.21. The van der Waals surface area contributed by atoms with Gasteiger partial charge in [0.15, 0.2) is 0 Å². The second-order valence-corrected chi connectivity index (χ2v) is 5.66. The lowest BCUT2D eigenvalue weighted by Crippen LogP contribution is -2.47. The summed E-state index contributed by atoms with van der Waals surface area (Å²) in [7, 11) is 0. The first-order valence-corrected chi connectivity index (χ1v) is 6.89. The zero-order chi connectivity index (χ0) is 13.5. The molecule has 102 valence electrons. The van der Waals surface area contributed by atoms with E-state index in [0.717, 1.165) is 24.0 Å². The molecule has 1 aromatic rings. The van der Waals surface area contributed by atoms with Crippen LogP contribution in [0.1, 0.15) is 42.9 Å². The molecule has 19 heavy (non-hydrogen) atoms. The molecule has 1 aromatic carbocycles. The maximum atomic E-state index is 12.2. The number of nitrogens with one attached hydrogen (secondary N) is 1. The van der Waals surface area contributed by atoms with E-state index in [2.05, 4.69) is 5.32 Å². The van der Waals surface area contributed by atoms with E-state index in [1.54, 1.807) is 0 Å². The van der Waals surface area contributed by atoms with Crippen LogP contribution in [0.3, 0.4) is 0 Å². The van der Waals surface area contributed by atoms with Gasteiger partial charge in [-0.1, -0.05) is 24.3 Å². The molecule has 0 unspecified atom stereocenters. The van der Waals surface area contributed by atoms with Crippen molar-refractivity contribution in [1.82, 2.24) is 5.32 Å². The zero-order valence-electron chi connectivity index (χ0n) is 10.8. The monoisotopic (exact) mass is 261 g/mol. The van der Waals surface area contributed by atoms with Crippen LogP contribution < -0.4 is 5.32 Å². The van der Waals surface area contributed by atoms with Crippen LogP contribution in [0.15, 0.2) is 24.3 Å². The second-order valence-electron chi connectivity index (χ2n) is 5.66. The van der Waals surface area contributed by atoms with Gasteiger partial charge in [-0.3, -0.25) is 4.79 Å². The summed E-state index contributed by atoms with van der Waals surface area (Å²) in [6.07, 6.45) is 2.75. The molecular weight excluding hydrogens is 242 g/mol. The van der Waals surface area contributed by atoms with Crippen molar-refractivity contribution in [2.75, 3.05) is 0 Å². The van der Waals surface area contributed by atoms with Crippen molar-refractivity contribution in [2.24, 2.45) is 0 Å². The van der Waals surface area contributed by atoms with Crippen LogP contribution in [-0.4, -0.2) is 27.8 Å². The number of rotatable bonds is 2. The smallest absolute Gasteiger partial charge is 0.252 e. The molecule has 3 rings (SSSR count). The number of carbonyl (C=O) groups excluding carboxylic acids is 1. The number of aliphatic hydroxyl groups excluding tert-OH is 1. The standard InChI is InChI=1S/C15H19NO3/c17-12-9-10-5-1-2-6-11(10)13(12)16-14(18)15(19)7-3-4-8-15/h1-2,5-6,12-13,17,19H,3-4,7-9H2,(H,16,18)/t12-,13+/m0/s1. The van der Waals surface area contributed by atoms with E-state index in [1.807, 2.05) is 24.3 Å². The van der Waals surface area contributed by atoms with Gasteiger partial charge in [0.05, 0.1) is 12.1 Å². The molecule has 0 aliphatic heterocycles. The molecule has 0 heterocycles. The molecule has 1 amide bonds. The van der Waals surface area contributed by atoms with E-state index in [0.29, 0.717) is 19.3 Å². The van der Waals surface area contributed by atoms with Crippen molar-refractivity contribution in [3.8, 4) is 0 Å². The lowest BCUT2D eigenvalue weighted by atomic mass is 9.99. The van der Waals surface area contributed by atoms with E-state index in [-0.39, 0.29) is 5.91 Å². The minimum atomic E-state index is -1.24. The number of fused-ring (bicyclic) bond motifs is 1. The van der Waals surface area contributed by atoms with Gasteiger partial charge >= 0.3 is 0 Å². The highest BCUT2D eigenvalue weighted by Gasteiger charge is 2.41. The predicted octanol–water partition coefficient (Wildman–Crippen LogP) is 1.07. The fraction of sp³-hybridized carbons (Fsp3) is 0.533. The average Bonchev–Trinajstić information content (AvgIpc) is 2.96. The Hall–Kier alpha value is -1.39. The molecule has 0 spiro atoms. The SMILES string of the molecule is O=C(N[C@@H]1c2ccccc2C[C@@H]1O)C1(O)CCCC1. The summed E-state index contributed by atoms with van der Waals surface area (Å²) in [6.45, 7) is 0. The number of hydrogen-bond acceptors (Lipinski definition) is 3. The Balaban J connectivity index is 1.78. The third-order valence-corrected chi connectivity index (χ3v) is 4.34. The molecule has 2 aliphatic rings. The summed E-state index contributed by atoms with van der Waals surface area (Å²) in [6, 6.07) is 7.33. The van der Waals surface area contributed by atoms with Crippen molar-refractivity contribution < 1.29 is 15.0 Å². The maximum Gasteiger partial charge on any atom is 0.252 e. The Labute approximate surface area is 112 Å². The number of aliphatic hydroxyl groups is 2. The minimum Gasteiger partial charge on any atom is -0.390 e. The quantitative estimate of drug-likeness (QED) is 0.745. The molecule has 1 fully saturated rings. The second kappa shape index (κ2) is 4.62. The molecule has 3 N–H and O–H groups in total. The van der Waals surface area contributed by atoms with Gasteiger partial charge in [-0.05, 0) is 36.8 Å². The number of carbonyl (C=O) groups is 1. The van der Waals surface area contributed by atoms with Crippen molar-refractivity contribution in [3.63, 3.8) is 0 Å². The van der Waals surface area contributed by atoms with E-state index in [9.17, 15) is 15.0 Å². The third-order valence-electron chi connectivity index (χ3n) is 4.34.